The normalized spacial score (nSPS) is 12.4. The van der Waals surface area contributed by atoms with Crippen LogP contribution in [0.25, 0.3) is 0 Å². The maximum atomic E-state index is 6.12. The average Bonchev–Trinajstić information content (AvgIpc) is 2.83. The summed E-state index contributed by atoms with van der Waals surface area (Å²) in [7, 11) is 0. The lowest BCUT2D eigenvalue weighted by Crippen LogP contribution is -2.13. The van der Waals surface area contributed by atoms with E-state index in [1.807, 2.05) is 31.2 Å². The molecule has 0 radical (unpaired) electrons. The molecule has 0 spiro atoms. The number of hydrogen-bond acceptors (Lipinski definition) is 5. The first-order chi connectivity index (χ1) is 7.83. The second kappa shape index (κ2) is 5.05. The highest BCUT2D eigenvalue weighted by Gasteiger charge is 2.15. The van der Waals surface area contributed by atoms with Gasteiger partial charge in [0, 0.05) is 5.56 Å². The fourth-order valence-electron chi connectivity index (χ4n) is 1.49. The van der Waals surface area contributed by atoms with Crippen molar-refractivity contribution in [1.29, 1.82) is 0 Å². The van der Waals surface area contributed by atoms with Gasteiger partial charge in [-0.2, -0.15) is 8.75 Å². The topological polar surface area (TPSA) is 61.0 Å². The van der Waals surface area contributed by atoms with E-state index in [4.69, 9.17) is 10.5 Å². The Morgan fingerprint density at radius 2 is 2.25 bits per heavy atom. The SMILES string of the molecule is CCOc1ccccc1C(N)c1cnsn1. The molecule has 2 aromatic rings. The standard InChI is InChI=1S/C11H13N3OS/c1-2-15-10-6-4-3-5-8(10)11(12)9-7-13-16-14-9/h3-7,11H,2,12H2,1H3. The third kappa shape index (κ3) is 2.20. The third-order valence-electron chi connectivity index (χ3n) is 2.25. The molecule has 0 aliphatic heterocycles. The van der Waals surface area contributed by atoms with Crippen molar-refractivity contribution in [2.75, 3.05) is 6.61 Å². The average molecular weight is 235 g/mol. The van der Waals surface area contributed by atoms with Crippen LogP contribution in [0.5, 0.6) is 5.75 Å². The zero-order valence-electron chi connectivity index (χ0n) is 8.96. The van der Waals surface area contributed by atoms with E-state index in [0.29, 0.717) is 6.61 Å². The minimum absolute atomic E-state index is 0.276. The third-order valence-corrected chi connectivity index (χ3v) is 2.74. The Labute approximate surface area is 98.4 Å². The van der Waals surface area contributed by atoms with Crippen LogP contribution in [0, 0.1) is 0 Å². The van der Waals surface area contributed by atoms with Crippen LogP contribution in [0.4, 0.5) is 0 Å². The van der Waals surface area contributed by atoms with Crippen LogP contribution < -0.4 is 10.5 Å². The number of nitrogens with two attached hydrogens (primary N) is 1. The monoisotopic (exact) mass is 235 g/mol. The van der Waals surface area contributed by atoms with Crippen LogP contribution in [-0.2, 0) is 0 Å². The molecular weight excluding hydrogens is 222 g/mol. The molecule has 1 atom stereocenters. The van der Waals surface area contributed by atoms with Gasteiger partial charge in [-0.1, -0.05) is 18.2 Å². The van der Waals surface area contributed by atoms with Gasteiger partial charge < -0.3 is 10.5 Å². The fraction of sp³-hybridized carbons (Fsp3) is 0.273. The molecule has 84 valence electrons. The molecule has 4 nitrogen and oxygen atoms in total. The van der Waals surface area contributed by atoms with Crippen molar-refractivity contribution in [1.82, 2.24) is 8.75 Å². The van der Waals surface area contributed by atoms with E-state index in [0.717, 1.165) is 28.7 Å². The summed E-state index contributed by atoms with van der Waals surface area (Å²) < 4.78 is 13.6. The molecule has 1 unspecified atom stereocenters. The second-order valence-corrected chi connectivity index (χ2v) is 3.84. The van der Waals surface area contributed by atoms with E-state index in [2.05, 4.69) is 8.75 Å². The summed E-state index contributed by atoms with van der Waals surface area (Å²) in [5, 5.41) is 0. The van der Waals surface area contributed by atoms with Crippen molar-refractivity contribution < 1.29 is 4.74 Å². The van der Waals surface area contributed by atoms with E-state index in [1.54, 1.807) is 6.20 Å². The first kappa shape index (κ1) is 11.0. The van der Waals surface area contributed by atoms with Crippen LogP contribution in [0.15, 0.2) is 30.5 Å². The summed E-state index contributed by atoms with van der Waals surface area (Å²) in [6.07, 6.45) is 1.69. The zero-order chi connectivity index (χ0) is 11.4. The fourth-order valence-corrected chi connectivity index (χ4v) is 1.95. The first-order valence-corrected chi connectivity index (χ1v) is 5.80. The number of hydrogen-bond donors (Lipinski definition) is 1. The molecule has 1 aromatic carbocycles. The summed E-state index contributed by atoms with van der Waals surface area (Å²) in [6.45, 7) is 2.58. The van der Waals surface area contributed by atoms with Crippen molar-refractivity contribution in [3.8, 4) is 5.75 Å². The van der Waals surface area contributed by atoms with Gasteiger partial charge in [0.25, 0.3) is 0 Å². The van der Waals surface area contributed by atoms with Gasteiger partial charge in [-0.25, -0.2) is 0 Å². The molecule has 0 bridgehead atoms. The smallest absolute Gasteiger partial charge is 0.124 e. The van der Waals surface area contributed by atoms with Crippen molar-refractivity contribution in [3.05, 3.63) is 41.7 Å². The van der Waals surface area contributed by atoms with Crippen molar-refractivity contribution in [2.45, 2.75) is 13.0 Å². The highest BCUT2D eigenvalue weighted by atomic mass is 32.1. The van der Waals surface area contributed by atoms with Gasteiger partial charge in [-0.3, -0.25) is 0 Å². The molecule has 0 aliphatic rings. The van der Waals surface area contributed by atoms with Gasteiger partial charge in [0.1, 0.15) is 5.75 Å². The molecular formula is C11H13N3OS. The van der Waals surface area contributed by atoms with Crippen LogP contribution in [0.2, 0.25) is 0 Å². The molecule has 5 heteroatoms. The Morgan fingerprint density at radius 1 is 1.44 bits per heavy atom. The van der Waals surface area contributed by atoms with E-state index >= 15 is 0 Å². The van der Waals surface area contributed by atoms with Crippen molar-refractivity contribution in [3.63, 3.8) is 0 Å². The molecule has 0 saturated carbocycles. The van der Waals surface area contributed by atoms with Gasteiger partial charge in [0.15, 0.2) is 0 Å². The van der Waals surface area contributed by atoms with Crippen LogP contribution in [-0.4, -0.2) is 15.4 Å². The Bertz CT molecular complexity index is 444. The van der Waals surface area contributed by atoms with Gasteiger partial charge in [0.05, 0.1) is 36.3 Å². The minimum atomic E-state index is -0.276. The largest absolute Gasteiger partial charge is 0.494 e. The number of rotatable bonds is 4. The maximum absolute atomic E-state index is 6.12. The highest BCUT2D eigenvalue weighted by Crippen LogP contribution is 2.27. The highest BCUT2D eigenvalue weighted by molar-refractivity contribution is 6.99. The maximum Gasteiger partial charge on any atom is 0.124 e. The van der Waals surface area contributed by atoms with E-state index in [9.17, 15) is 0 Å². The van der Waals surface area contributed by atoms with E-state index in [1.165, 1.54) is 0 Å². The quantitative estimate of drug-likeness (QED) is 0.880. The lowest BCUT2D eigenvalue weighted by molar-refractivity contribution is 0.335. The van der Waals surface area contributed by atoms with Gasteiger partial charge in [-0.15, -0.1) is 0 Å². The van der Waals surface area contributed by atoms with Crippen LogP contribution in [0.3, 0.4) is 0 Å². The van der Waals surface area contributed by atoms with Crippen LogP contribution in [0.1, 0.15) is 24.2 Å². The predicted octanol–water partition coefficient (Wildman–Crippen LogP) is 1.98. The van der Waals surface area contributed by atoms with E-state index < -0.39 is 0 Å². The summed E-state index contributed by atoms with van der Waals surface area (Å²) >= 11 is 1.16. The Kier molecular flexibility index (Phi) is 3.48. The first-order valence-electron chi connectivity index (χ1n) is 5.07. The Balaban J connectivity index is 2.32. The molecule has 2 N–H and O–H groups in total. The van der Waals surface area contributed by atoms with Crippen molar-refractivity contribution in [2.24, 2.45) is 5.73 Å². The molecule has 0 fully saturated rings. The Hall–Kier alpha value is -1.46. The molecule has 0 aliphatic carbocycles. The summed E-state index contributed by atoms with van der Waals surface area (Å²) in [5.74, 6) is 0.811. The van der Waals surface area contributed by atoms with Crippen molar-refractivity contribution >= 4 is 11.7 Å². The number of benzene rings is 1. The second-order valence-electron chi connectivity index (χ2n) is 3.28. The number of aromatic nitrogens is 2. The summed E-state index contributed by atoms with van der Waals surface area (Å²) in [4.78, 5) is 0. The van der Waals surface area contributed by atoms with Gasteiger partial charge in [-0.05, 0) is 13.0 Å². The van der Waals surface area contributed by atoms with Gasteiger partial charge in [0.2, 0.25) is 0 Å². The minimum Gasteiger partial charge on any atom is -0.494 e. The molecule has 0 saturated heterocycles. The molecule has 2 rings (SSSR count). The molecule has 1 aromatic heterocycles. The lowest BCUT2D eigenvalue weighted by atomic mass is 10.0. The lowest BCUT2D eigenvalue weighted by Gasteiger charge is -2.14. The zero-order valence-corrected chi connectivity index (χ0v) is 9.78. The summed E-state index contributed by atoms with van der Waals surface area (Å²) in [5.41, 5.74) is 7.83. The Morgan fingerprint density at radius 3 is 2.94 bits per heavy atom. The number of nitrogens with zero attached hydrogens (tertiary/aromatic N) is 2. The number of ether oxygens (including phenoxy) is 1. The molecule has 1 heterocycles. The van der Waals surface area contributed by atoms with Crippen LogP contribution >= 0.6 is 11.7 Å². The number of para-hydroxylation sites is 1. The molecule has 0 amide bonds. The summed E-state index contributed by atoms with van der Waals surface area (Å²) in [6, 6.07) is 7.47. The molecule has 16 heavy (non-hydrogen) atoms. The van der Waals surface area contributed by atoms with Gasteiger partial charge >= 0.3 is 0 Å². The van der Waals surface area contributed by atoms with E-state index in [-0.39, 0.29) is 6.04 Å². The predicted molar refractivity (Wildman–Crippen MR) is 63.6 cm³/mol.